The van der Waals surface area contributed by atoms with Gasteiger partial charge in [-0.1, -0.05) is 30.3 Å². The monoisotopic (exact) mass is 203 g/mol. The molecule has 0 aliphatic heterocycles. The van der Waals surface area contributed by atoms with Crippen molar-refractivity contribution in [3.05, 3.63) is 35.9 Å². The summed E-state index contributed by atoms with van der Waals surface area (Å²) >= 11 is 0. The molecule has 0 spiro atoms. The van der Waals surface area contributed by atoms with E-state index in [1.54, 1.807) is 24.3 Å². The van der Waals surface area contributed by atoms with Crippen LogP contribution in [0, 0.1) is 0 Å². The predicted molar refractivity (Wildman–Crippen MR) is 42.8 cm³/mol. The second kappa shape index (κ2) is 4.50. The molecule has 1 N–H and O–H groups in total. The summed E-state index contributed by atoms with van der Waals surface area (Å²) in [5.41, 5.74) is 0.746. The molecule has 1 unspecified atom stereocenters. The Balaban J connectivity index is 2.33. The Morgan fingerprint density at radius 1 is 1.31 bits per heavy atom. The SMILES string of the molecule is [O]P(=O)(O)OOCc1ccccc1. The molecular formula is C7H8O5P. The molecule has 0 aromatic heterocycles. The van der Waals surface area contributed by atoms with Crippen molar-refractivity contribution >= 4 is 7.82 Å². The molecule has 0 aliphatic rings. The number of hydrogen-bond donors (Lipinski definition) is 1. The standard InChI is InChI=1S/C7H8O5P/c8-13(9,10)12-11-6-7-4-2-1-3-5-7/h1-5H,6H2,(H,8,9). The first-order chi connectivity index (χ1) is 6.08. The van der Waals surface area contributed by atoms with Crippen molar-refractivity contribution in [2.75, 3.05) is 0 Å². The molecule has 0 heterocycles. The third-order valence-electron chi connectivity index (χ3n) is 1.22. The Hall–Kier alpha value is -0.710. The first-order valence-electron chi connectivity index (χ1n) is 3.47. The maximum absolute atomic E-state index is 10.1. The van der Waals surface area contributed by atoms with Crippen LogP contribution in [0.25, 0.3) is 0 Å². The van der Waals surface area contributed by atoms with Crippen LogP contribution in [0.1, 0.15) is 5.56 Å². The van der Waals surface area contributed by atoms with E-state index in [0.29, 0.717) is 0 Å². The van der Waals surface area contributed by atoms with Crippen LogP contribution in [-0.2, 0) is 25.6 Å². The van der Waals surface area contributed by atoms with Gasteiger partial charge in [0.1, 0.15) is 6.61 Å². The van der Waals surface area contributed by atoms with E-state index in [4.69, 9.17) is 4.89 Å². The van der Waals surface area contributed by atoms with E-state index in [9.17, 15) is 9.46 Å². The Morgan fingerprint density at radius 2 is 1.92 bits per heavy atom. The fourth-order valence-electron chi connectivity index (χ4n) is 0.735. The van der Waals surface area contributed by atoms with Crippen LogP contribution in [-0.4, -0.2) is 4.89 Å². The van der Waals surface area contributed by atoms with Gasteiger partial charge in [-0.2, -0.15) is 0 Å². The van der Waals surface area contributed by atoms with E-state index >= 15 is 0 Å². The normalized spacial score (nSPS) is 11.5. The van der Waals surface area contributed by atoms with E-state index in [0.717, 1.165) is 5.56 Å². The van der Waals surface area contributed by atoms with Gasteiger partial charge in [-0.05, 0) is 5.56 Å². The van der Waals surface area contributed by atoms with Crippen LogP contribution < -0.4 is 0 Å². The lowest BCUT2D eigenvalue weighted by Gasteiger charge is -2.02. The Morgan fingerprint density at radius 3 is 2.46 bits per heavy atom. The van der Waals surface area contributed by atoms with Crippen LogP contribution in [0.2, 0.25) is 0 Å². The molecule has 0 aliphatic carbocycles. The summed E-state index contributed by atoms with van der Waals surface area (Å²) in [6, 6.07) is 8.82. The van der Waals surface area contributed by atoms with Crippen molar-refractivity contribution in [1.82, 2.24) is 0 Å². The van der Waals surface area contributed by atoms with Gasteiger partial charge >= 0.3 is 7.82 Å². The quantitative estimate of drug-likeness (QED) is 0.458. The van der Waals surface area contributed by atoms with Gasteiger partial charge in [0.05, 0.1) is 0 Å². The minimum atomic E-state index is -4.77. The molecule has 13 heavy (non-hydrogen) atoms. The lowest BCUT2D eigenvalue weighted by molar-refractivity contribution is -0.234. The molecule has 1 rings (SSSR count). The topological polar surface area (TPSA) is 75.7 Å². The van der Waals surface area contributed by atoms with Gasteiger partial charge in [-0.15, -0.1) is 9.57 Å². The van der Waals surface area contributed by atoms with Crippen molar-refractivity contribution in [3.8, 4) is 0 Å². The summed E-state index contributed by atoms with van der Waals surface area (Å²) in [5.74, 6) is 0. The van der Waals surface area contributed by atoms with Crippen LogP contribution in [0.5, 0.6) is 0 Å². The van der Waals surface area contributed by atoms with Gasteiger partial charge in [0.15, 0.2) is 0 Å². The number of benzene rings is 1. The molecule has 1 radical (unpaired) electrons. The van der Waals surface area contributed by atoms with Crippen molar-refractivity contribution in [2.24, 2.45) is 0 Å². The highest BCUT2D eigenvalue weighted by Gasteiger charge is 2.17. The molecule has 0 saturated heterocycles. The molecule has 71 valence electrons. The molecule has 0 bridgehead atoms. The van der Waals surface area contributed by atoms with Crippen LogP contribution in [0.15, 0.2) is 30.3 Å². The van der Waals surface area contributed by atoms with Crippen molar-refractivity contribution in [2.45, 2.75) is 6.61 Å². The molecule has 0 amide bonds. The largest absolute Gasteiger partial charge is 0.527 e. The average Bonchev–Trinajstić information content (AvgIpc) is 2.04. The zero-order valence-corrected chi connectivity index (χ0v) is 7.52. The molecule has 0 saturated carbocycles. The van der Waals surface area contributed by atoms with Gasteiger partial charge in [-0.25, -0.2) is 9.45 Å². The Labute approximate surface area is 75.1 Å². The maximum atomic E-state index is 10.1. The molecule has 6 heteroatoms. The second-order valence-electron chi connectivity index (χ2n) is 2.29. The number of rotatable bonds is 4. The highest BCUT2D eigenvalue weighted by atomic mass is 31.2. The predicted octanol–water partition coefficient (Wildman–Crippen LogP) is 1.67. The summed E-state index contributed by atoms with van der Waals surface area (Å²) in [4.78, 5) is 22.5. The van der Waals surface area contributed by atoms with E-state index in [2.05, 4.69) is 9.56 Å². The van der Waals surface area contributed by atoms with Crippen LogP contribution in [0.3, 0.4) is 0 Å². The first-order valence-corrected chi connectivity index (χ1v) is 4.96. The fraction of sp³-hybridized carbons (Fsp3) is 0.143. The Kier molecular flexibility index (Phi) is 3.59. The summed E-state index contributed by atoms with van der Waals surface area (Å²) in [6.07, 6.45) is 0. The van der Waals surface area contributed by atoms with Gasteiger partial charge in [0.25, 0.3) is 0 Å². The van der Waals surface area contributed by atoms with E-state index < -0.39 is 7.82 Å². The van der Waals surface area contributed by atoms with Gasteiger partial charge < -0.3 is 0 Å². The number of hydrogen-bond acceptors (Lipinski definition) is 3. The zero-order valence-electron chi connectivity index (χ0n) is 6.62. The van der Waals surface area contributed by atoms with Gasteiger partial charge in [-0.3, -0.25) is 4.89 Å². The molecule has 1 aromatic rings. The zero-order chi connectivity index (χ0) is 9.73. The van der Waals surface area contributed by atoms with Crippen molar-refractivity contribution in [1.29, 1.82) is 0 Å². The lowest BCUT2D eigenvalue weighted by Crippen LogP contribution is -1.92. The fourth-order valence-corrected chi connectivity index (χ4v) is 0.921. The summed E-state index contributed by atoms with van der Waals surface area (Å²) in [5, 5.41) is 0. The smallest absolute Gasteiger partial charge is 0.299 e. The average molecular weight is 203 g/mol. The van der Waals surface area contributed by atoms with E-state index in [-0.39, 0.29) is 6.61 Å². The van der Waals surface area contributed by atoms with Crippen molar-refractivity contribution < 1.29 is 23.9 Å². The molecule has 1 atom stereocenters. The van der Waals surface area contributed by atoms with E-state index in [1.165, 1.54) is 0 Å². The minimum Gasteiger partial charge on any atom is -0.299 e. The highest BCUT2D eigenvalue weighted by molar-refractivity contribution is 7.45. The molecule has 1 aromatic carbocycles. The van der Waals surface area contributed by atoms with Crippen LogP contribution >= 0.6 is 7.82 Å². The highest BCUT2D eigenvalue weighted by Crippen LogP contribution is 2.37. The summed E-state index contributed by atoms with van der Waals surface area (Å²) in [7, 11) is -4.77. The third-order valence-corrected chi connectivity index (χ3v) is 1.51. The first kappa shape index (κ1) is 10.4. The van der Waals surface area contributed by atoms with Gasteiger partial charge in [0.2, 0.25) is 0 Å². The van der Waals surface area contributed by atoms with Crippen LogP contribution in [0.4, 0.5) is 0 Å². The van der Waals surface area contributed by atoms with Crippen molar-refractivity contribution in [3.63, 3.8) is 0 Å². The summed E-state index contributed by atoms with van der Waals surface area (Å²) < 4.78 is 13.7. The Bertz CT molecular complexity index is 293. The molecular weight excluding hydrogens is 195 g/mol. The molecule has 5 nitrogen and oxygen atoms in total. The second-order valence-corrected chi connectivity index (χ2v) is 3.38. The minimum absolute atomic E-state index is 0.0341. The summed E-state index contributed by atoms with van der Waals surface area (Å²) in [6.45, 7) is -0.0341. The third kappa shape index (κ3) is 4.77. The van der Waals surface area contributed by atoms with E-state index in [1.807, 2.05) is 6.07 Å². The lowest BCUT2D eigenvalue weighted by atomic mass is 10.2. The maximum Gasteiger partial charge on any atom is 0.527 e. The molecule has 0 fully saturated rings. The van der Waals surface area contributed by atoms with Gasteiger partial charge in [0, 0.05) is 0 Å².